The van der Waals surface area contributed by atoms with E-state index in [1.54, 1.807) is 0 Å². The van der Waals surface area contributed by atoms with Crippen LogP contribution in [-0.2, 0) is 0 Å². The lowest BCUT2D eigenvalue weighted by Crippen LogP contribution is -2.37. The molecule has 4 heteroatoms. The Bertz CT molecular complexity index is 494. The minimum absolute atomic E-state index is 0.194. The topological polar surface area (TPSA) is 50.9 Å². The maximum absolute atomic E-state index is 6.01. The van der Waals surface area contributed by atoms with Crippen LogP contribution in [0.3, 0.4) is 0 Å². The second kappa shape index (κ2) is 4.76. The SMILES string of the molecule is CC(C)Oc1cccc(C2CN=C(N)N2C2CC2)c1. The molecule has 1 atom stereocenters. The molecule has 102 valence electrons. The van der Waals surface area contributed by atoms with Crippen LogP contribution in [0, 0.1) is 0 Å². The van der Waals surface area contributed by atoms with Gasteiger partial charge in [0.1, 0.15) is 5.75 Å². The molecule has 2 aliphatic rings. The number of hydrogen-bond acceptors (Lipinski definition) is 4. The van der Waals surface area contributed by atoms with Gasteiger partial charge in [-0.05, 0) is 44.4 Å². The van der Waals surface area contributed by atoms with Crippen LogP contribution in [0.2, 0.25) is 0 Å². The lowest BCUT2D eigenvalue weighted by molar-refractivity contribution is 0.241. The highest BCUT2D eigenvalue weighted by Gasteiger charge is 2.38. The summed E-state index contributed by atoms with van der Waals surface area (Å²) in [4.78, 5) is 6.68. The number of guanidine groups is 1. The molecule has 1 aromatic carbocycles. The molecular formula is C15H21N3O. The van der Waals surface area contributed by atoms with E-state index in [2.05, 4.69) is 22.0 Å². The summed E-state index contributed by atoms with van der Waals surface area (Å²) in [5.41, 5.74) is 7.26. The van der Waals surface area contributed by atoms with Crippen molar-refractivity contribution >= 4 is 5.96 Å². The van der Waals surface area contributed by atoms with Crippen molar-refractivity contribution < 1.29 is 4.74 Å². The van der Waals surface area contributed by atoms with E-state index < -0.39 is 0 Å². The number of benzene rings is 1. The Labute approximate surface area is 114 Å². The van der Waals surface area contributed by atoms with Crippen LogP contribution in [0.15, 0.2) is 29.3 Å². The monoisotopic (exact) mass is 259 g/mol. The van der Waals surface area contributed by atoms with Gasteiger partial charge in [0.25, 0.3) is 0 Å². The molecule has 0 aromatic heterocycles. The van der Waals surface area contributed by atoms with Gasteiger partial charge >= 0.3 is 0 Å². The quantitative estimate of drug-likeness (QED) is 0.902. The Kier molecular flexibility index (Phi) is 3.09. The highest BCUT2D eigenvalue weighted by atomic mass is 16.5. The zero-order valence-electron chi connectivity index (χ0n) is 11.5. The third-order valence-electron chi connectivity index (χ3n) is 3.58. The van der Waals surface area contributed by atoms with Crippen molar-refractivity contribution in [2.45, 2.75) is 44.9 Å². The van der Waals surface area contributed by atoms with Crippen LogP contribution in [-0.4, -0.2) is 29.6 Å². The Balaban J connectivity index is 1.82. The van der Waals surface area contributed by atoms with Gasteiger partial charge in [-0.2, -0.15) is 0 Å². The first kappa shape index (κ1) is 12.3. The summed E-state index contributed by atoms with van der Waals surface area (Å²) in [7, 11) is 0. The van der Waals surface area contributed by atoms with Crippen molar-refractivity contribution in [1.82, 2.24) is 4.90 Å². The van der Waals surface area contributed by atoms with Gasteiger partial charge in [0.15, 0.2) is 5.96 Å². The Morgan fingerprint density at radius 1 is 1.37 bits per heavy atom. The standard InChI is InChI=1S/C15H21N3O/c1-10(2)19-13-5-3-4-11(8-13)14-9-17-15(16)18(14)12-6-7-12/h3-5,8,10,12,14H,6-7,9H2,1-2H3,(H2,16,17). The number of nitrogens with two attached hydrogens (primary N) is 1. The summed E-state index contributed by atoms with van der Waals surface area (Å²) in [5, 5.41) is 0. The molecule has 0 bridgehead atoms. The molecule has 1 unspecified atom stereocenters. The van der Waals surface area contributed by atoms with Gasteiger partial charge in [-0.1, -0.05) is 12.1 Å². The van der Waals surface area contributed by atoms with Gasteiger partial charge in [0, 0.05) is 6.04 Å². The third-order valence-corrected chi connectivity index (χ3v) is 3.58. The fourth-order valence-corrected chi connectivity index (χ4v) is 2.64. The van der Waals surface area contributed by atoms with Crippen LogP contribution in [0.5, 0.6) is 5.75 Å². The second-order valence-corrected chi connectivity index (χ2v) is 5.59. The Morgan fingerprint density at radius 2 is 2.16 bits per heavy atom. The molecule has 1 fully saturated rings. The van der Waals surface area contributed by atoms with Gasteiger partial charge in [-0.15, -0.1) is 0 Å². The average molecular weight is 259 g/mol. The molecule has 1 aliphatic carbocycles. The van der Waals surface area contributed by atoms with Crippen molar-refractivity contribution in [2.75, 3.05) is 6.54 Å². The Hall–Kier alpha value is -1.71. The minimum Gasteiger partial charge on any atom is -0.491 e. The first-order valence-corrected chi connectivity index (χ1v) is 7.00. The largest absolute Gasteiger partial charge is 0.491 e. The summed E-state index contributed by atoms with van der Waals surface area (Å²) < 4.78 is 5.77. The maximum Gasteiger partial charge on any atom is 0.192 e. The molecule has 1 saturated carbocycles. The molecule has 0 amide bonds. The lowest BCUT2D eigenvalue weighted by atomic mass is 10.1. The summed E-state index contributed by atoms with van der Waals surface area (Å²) in [5.74, 6) is 1.62. The van der Waals surface area contributed by atoms with E-state index in [-0.39, 0.29) is 12.1 Å². The first-order valence-electron chi connectivity index (χ1n) is 7.00. The average Bonchev–Trinajstić information content (AvgIpc) is 3.12. The van der Waals surface area contributed by atoms with Crippen LogP contribution in [0.25, 0.3) is 0 Å². The lowest BCUT2D eigenvalue weighted by Gasteiger charge is -2.26. The van der Waals surface area contributed by atoms with Crippen LogP contribution < -0.4 is 10.5 Å². The number of aliphatic imine (C=N–C) groups is 1. The number of hydrogen-bond donors (Lipinski definition) is 1. The fraction of sp³-hybridized carbons (Fsp3) is 0.533. The second-order valence-electron chi connectivity index (χ2n) is 5.59. The van der Waals surface area contributed by atoms with Crippen LogP contribution in [0.4, 0.5) is 0 Å². The van der Waals surface area contributed by atoms with Crippen LogP contribution in [0.1, 0.15) is 38.3 Å². The third kappa shape index (κ3) is 2.53. The summed E-state index contributed by atoms with van der Waals surface area (Å²) >= 11 is 0. The smallest absolute Gasteiger partial charge is 0.192 e. The zero-order chi connectivity index (χ0) is 13.4. The van der Waals surface area contributed by atoms with E-state index in [4.69, 9.17) is 10.5 Å². The summed E-state index contributed by atoms with van der Waals surface area (Å²) in [6.45, 7) is 4.84. The predicted octanol–water partition coefficient (Wildman–Crippen LogP) is 2.31. The van der Waals surface area contributed by atoms with Gasteiger partial charge in [0.2, 0.25) is 0 Å². The highest BCUT2D eigenvalue weighted by Crippen LogP contribution is 2.37. The molecule has 4 nitrogen and oxygen atoms in total. The molecule has 1 aliphatic heterocycles. The molecule has 1 aromatic rings. The van der Waals surface area contributed by atoms with Gasteiger partial charge in [-0.25, -0.2) is 0 Å². The van der Waals surface area contributed by atoms with E-state index in [0.29, 0.717) is 12.0 Å². The van der Waals surface area contributed by atoms with Crippen molar-refractivity contribution in [3.05, 3.63) is 29.8 Å². The van der Waals surface area contributed by atoms with E-state index >= 15 is 0 Å². The molecule has 0 radical (unpaired) electrons. The molecule has 1 heterocycles. The minimum atomic E-state index is 0.194. The van der Waals surface area contributed by atoms with E-state index in [0.717, 1.165) is 12.3 Å². The number of ether oxygens (including phenoxy) is 1. The molecular weight excluding hydrogens is 238 g/mol. The number of nitrogens with zero attached hydrogens (tertiary/aromatic N) is 2. The molecule has 3 rings (SSSR count). The zero-order valence-corrected chi connectivity index (χ0v) is 11.5. The fourth-order valence-electron chi connectivity index (χ4n) is 2.64. The van der Waals surface area contributed by atoms with E-state index in [9.17, 15) is 0 Å². The van der Waals surface area contributed by atoms with Crippen molar-refractivity contribution in [3.8, 4) is 5.75 Å². The molecule has 19 heavy (non-hydrogen) atoms. The van der Waals surface area contributed by atoms with Crippen molar-refractivity contribution in [2.24, 2.45) is 10.7 Å². The van der Waals surface area contributed by atoms with Crippen molar-refractivity contribution in [3.63, 3.8) is 0 Å². The molecule has 2 N–H and O–H groups in total. The van der Waals surface area contributed by atoms with Gasteiger partial charge < -0.3 is 15.4 Å². The van der Waals surface area contributed by atoms with E-state index in [1.165, 1.54) is 18.4 Å². The normalized spacial score (nSPS) is 22.8. The van der Waals surface area contributed by atoms with E-state index in [1.807, 2.05) is 26.0 Å². The first-order chi connectivity index (χ1) is 9.15. The van der Waals surface area contributed by atoms with Crippen LogP contribution >= 0.6 is 0 Å². The highest BCUT2D eigenvalue weighted by molar-refractivity contribution is 5.81. The summed E-state index contributed by atoms with van der Waals surface area (Å²) in [6.07, 6.45) is 2.66. The Morgan fingerprint density at radius 3 is 2.84 bits per heavy atom. The van der Waals surface area contributed by atoms with Crippen molar-refractivity contribution in [1.29, 1.82) is 0 Å². The predicted molar refractivity (Wildman–Crippen MR) is 76.3 cm³/mol. The van der Waals surface area contributed by atoms with Gasteiger partial charge in [-0.3, -0.25) is 4.99 Å². The number of rotatable bonds is 4. The molecule has 0 spiro atoms. The molecule has 0 saturated heterocycles. The van der Waals surface area contributed by atoms with Gasteiger partial charge in [0.05, 0.1) is 18.7 Å². The maximum atomic E-state index is 6.01. The summed E-state index contributed by atoms with van der Waals surface area (Å²) in [6, 6.07) is 9.18.